The molecule has 4 rings (SSSR count). The van der Waals surface area contributed by atoms with E-state index in [1.807, 2.05) is 6.07 Å². The number of benzene rings is 2. The maximum Gasteiger partial charge on any atom is 0.337 e. The van der Waals surface area contributed by atoms with Crippen LogP contribution >= 0.6 is 11.3 Å². The fraction of sp³-hybridized carbons (Fsp3) is 0.238. The highest BCUT2D eigenvalue weighted by Gasteiger charge is 2.27. The van der Waals surface area contributed by atoms with Crippen molar-refractivity contribution in [3.8, 4) is 11.5 Å². The molecule has 0 bridgehead atoms. The van der Waals surface area contributed by atoms with Crippen LogP contribution < -0.4 is 14.3 Å². The van der Waals surface area contributed by atoms with Gasteiger partial charge in [-0.25, -0.2) is 4.79 Å². The molecule has 2 aromatic carbocycles. The van der Waals surface area contributed by atoms with Gasteiger partial charge >= 0.3 is 11.9 Å². The Labute approximate surface area is 180 Å². The van der Waals surface area contributed by atoms with E-state index in [0.29, 0.717) is 27.3 Å². The average Bonchev–Trinajstić information content (AvgIpc) is 3.13. The molecule has 0 saturated carbocycles. The Bertz CT molecular complexity index is 1240. The molecule has 31 heavy (non-hydrogen) atoms. The lowest BCUT2D eigenvalue weighted by molar-refractivity contribution is -0.141. The van der Waals surface area contributed by atoms with Crippen LogP contribution in [-0.2, 0) is 25.6 Å². The van der Waals surface area contributed by atoms with Crippen LogP contribution in [0.3, 0.4) is 0 Å². The maximum absolute atomic E-state index is 12.8. The van der Waals surface area contributed by atoms with Gasteiger partial charge in [0, 0.05) is 0 Å². The van der Waals surface area contributed by atoms with E-state index in [9.17, 15) is 14.4 Å². The number of fused-ring (bicyclic) bond motifs is 2. The Morgan fingerprint density at radius 2 is 1.90 bits per heavy atom. The van der Waals surface area contributed by atoms with E-state index in [1.54, 1.807) is 41.0 Å². The third-order valence-electron chi connectivity index (χ3n) is 4.61. The number of carbonyl (C=O) groups is 3. The fourth-order valence-electron chi connectivity index (χ4n) is 3.06. The van der Waals surface area contributed by atoms with Crippen molar-refractivity contribution >= 4 is 39.4 Å². The smallest absolute Gasteiger partial charge is 0.337 e. The molecule has 160 valence electrons. The Morgan fingerprint density at radius 3 is 2.65 bits per heavy atom. The number of aromatic nitrogens is 1. The standard InChI is InChI=1S/C21H18N2O7S/c1-27-18(24)10-23-13-8-7-12(20(26)28-2)9-17(13)31-21(23)22-19(25)16-11-29-14-5-3-4-6-15(14)30-16/h3-9,16H,10-11H2,1-2H3/t16-/m0/s1. The van der Waals surface area contributed by atoms with Gasteiger partial charge in [-0.2, -0.15) is 4.99 Å². The summed E-state index contributed by atoms with van der Waals surface area (Å²) in [6, 6.07) is 11.9. The molecule has 0 N–H and O–H groups in total. The molecule has 1 atom stereocenters. The first-order chi connectivity index (χ1) is 15.0. The highest BCUT2D eigenvalue weighted by atomic mass is 32.1. The van der Waals surface area contributed by atoms with E-state index in [4.69, 9.17) is 18.9 Å². The number of ether oxygens (including phenoxy) is 4. The van der Waals surface area contributed by atoms with Gasteiger partial charge in [0.15, 0.2) is 16.3 Å². The van der Waals surface area contributed by atoms with Gasteiger partial charge in [0.2, 0.25) is 6.10 Å². The molecule has 1 amide bonds. The summed E-state index contributed by atoms with van der Waals surface area (Å²) in [5.41, 5.74) is 0.973. The Kier molecular flexibility index (Phi) is 5.72. The lowest BCUT2D eigenvalue weighted by Crippen LogP contribution is -2.37. The Morgan fingerprint density at radius 1 is 1.13 bits per heavy atom. The monoisotopic (exact) mass is 442 g/mol. The second-order valence-electron chi connectivity index (χ2n) is 6.54. The van der Waals surface area contributed by atoms with Crippen LogP contribution in [0.25, 0.3) is 10.2 Å². The number of hydrogen-bond acceptors (Lipinski definition) is 8. The first-order valence-corrected chi connectivity index (χ1v) is 10.1. The van der Waals surface area contributed by atoms with Gasteiger partial charge < -0.3 is 23.5 Å². The zero-order chi connectivity index (χ0) is 22.0. The molecule has 1 aliphatic heterocycles. The van der Waals surface area contributed by atoms with Crippen LogP contribution in [0.15, 0.2) is 47.5 Å². The number of esters is 2. The number of para-hydroxylation sites is 2. The molecule has 1 aromatic heterocycles. The summed E-state index contributed by atoms with van der Waals surface area (Å²) < 4.78 is 23.0. The van der Waals surface area contributed by atoms with Crippen LogP contribution in [0.4, 0.5) is 0 Å². The molecule has 0 aliphatic carbocycles. The largest absolute Gasteiger partial charge is 0.485 e. The van der Waals surface area contributed by atoms with Crippen molar-refractivity contribution < 1.29 is 33.3 Å². The molecule has 9 nitrogen and oxygen atoms in total. The van der Waals surface area contributed by atoms with Crippen LogP contribution in [0.2, 0.25) is 0 Å². The first-order valence-electron chi connectivity index (χ1n) is 9.25. The van der Waals surface area contributed by atoms with Crippen molar-refractivity contribution in [2.45, 2.75) is 12.6 Å². The van der Waals surface area contributed by atoms with Crippen molar-refractivity contribution in [2.75, 3.05) is 20.8 Å². The van der Waals surface area contributed by atoms with Crippen molar-refractivity contribution in [2.24, 2.45) is 4.99 Å². The summed E-state index contributed by atoms with van der Waals surface area (Å²) >= 11 is 1.16. The lowest BCUT2D eigenvalue weighted by Gasteiger charge is -2.23. The van der Waals surface area contributed by atoms with E-state index in [1.165, 1.54) is 14.2 Å². The summed E-state index contributed by atoms with van der Waals surface area (Å²) in [4.78, 5) is 41.1. The van der Waals surface area contributed by atoms with Crippen LogP contribution in [0.5, 0.6) is 11.5 Å². The Balaban J connectivity index is 1.73. The molecule has 0 unspecified atom stereocenters. The first kappa shape index (κ1) is 20.6. The molecule has 10 heteroatoms. The van der Waals surface area contributed by atoms with Crippen LogP contribution in [0.1, 0.15) is 10.4 Å². The summed E-state index contributed by atoms with van der Waals surface area (Å²) in [5, 5.41) is 0. The maximum atomic E-state index is 12.8. The van der Waals surface area contributed by atoms with E-state index in [0.717, 1.165) is 11.3 Å². The molecule has 1 aliphatic rings. The third-order valence-corrected chi connectivity index (χ3v) is 5.65. The summed E-state index contributed by atoms with van der Waals surface area (Å²) in [5.74, 6) is -0.520. The van der Waals surface area contributed by atoms with Crippen molar-refractivity contribution in [1.29, 1.82) is 0 Å². The molecule has 0 radical (unpaired) electrons. The Hall–Kier alpha value is -3.66. The summed E-state index contributed by atoms with van der Waals surface area (Å²) in [7, 11) is 2.57. The molecular weight excluding hydrogens is 424 g/mol. The number of nitrogens with zero attached hydrogens (tertiary/aromatic N) is 2. The molecule has 0 saturated heterocycles. The minimum absolute atomic E-state index is 0.0216. The van der Waals surface area contributed by atoms with Crippen molar-refractivity contribution in [3.63, 3.8) is 0 Å². The fourth-order valence-corrected chi connectivity index (χ4v) is 4.13. The third kappa shape index (κ3) is 4.15. The minimum Gasteiger partial charge on any atom is -0.485 e. The van der Waals surface area contributed by atoms with Crippen LogP contribution in [0, 0.1) is 0 Å². The lowest BCUT2D eigenvalue weighted by atomic mass is 10.2. The SMILES string of the molecule is COC(=O)Cn1c(=NC(=O)[C@@H]2COc3ccccc3O2)sc2cc(C(=O)OC)ccc21. The van der Waals surface area contributed by atoms with Gasteiger partial charge in [-0.3, -0.25) is 9.59 Å². The second kappa shape index (κ2) is 8.60. The molecule has 0 spiro atoms. The molecular formula is C21H18N2O7S. The molecule has 0 fully saturated rings. The minimum atomic E-state index is -0.919. The normalized spacial score (nSPS) is 15.5. The predicted octanol–water partition coefficient (Wildman–Crippen LogP) is 1.93. The van der Waals surface area contributed by atoms with E-state index in [-0.39, 0.29) is 18.0 Å². The van der Waals surface area contributed by atoms with Crippen LogP contribution in [-0.4, -0.2) is 49.3 Å². The average molecular weight is 442 g/mol. The van der Waals surface area contributed by atoms with Gasteiger partial charge in [-0.1, -0.05) is 23.5 Å². The van der Waals surface area contributed by atoms with E-state index < -0.39 is 23.9 Å². The van der Waals surface area contributed by atoms with Gasteiger partial charge in [-0.05, 0) is 30.3 Å². The topological polar surface area (TPSA) is 105 Å². The number of hydrogen-bond donors (Lipinski definition) is 0. The number of carbonyl (C=O) groups excluding carboxylic acids is 3. The van der Waals surface area contributed by atoms with E-state index in [2.05, 4.69) is 4.99 Å². The highest BCUT2D eigenvalue weighted by Crippen LogP contribution is 2.31. The van der Waals surface area contributed by atoms with Gasteiger partial charge in [0.25, 0.3) is 5.91 Å². The van der Waals surface area contributed by atoms with E-state index >= 15 is 0 Å². The number of rotatable bonds is 4. The number of thiazole rings is 1. The summed E-state index contributed by atoms with van der Waals surface area (Å²) in [6.07, 6.45) is -0.919. The second-order valence-corrected chi connectivity index (χ2v) is 7.54. The number of methoxy groups -OCH3 is 2. The van der Waals surface area contributed by atoms with Crippen molar-refractivity contribution in [1.82, 2.24) is 4.57 Å². The quantitative estimate of drug-likeness (QED) is 0.569. The molecule has 2 heterocycles. The van der Waals surface area contributed by atoms with Gasteiger partial charge in [0.1, 0.15) is 13.2 Å². The zero-order valence-electron chi connectivity index (χ0n) is 16.7. The van der Waals surface area contributed by atoms with Gasteiger partial charge in [0.05, 0.1) is 30.0 Å². The summed E-state index contributed by atoms with van der Waals surface area (Å²) in [6.45, 7) is -0.126. The zero-order valence-corrected chi connectivity index (χ0v) is 17.5. The highest BCUT2D eigenvalue weighted by molar-refractivity contribution is 7.16. The van der Waals surface area contributed by atoms with Crippen molar-refractivity contribution in [3.05, 3.63) is 52.8 Å². The predicted molar refractivity (Wildman–Crippen MR) is 110 cm³/mol. The number of amides is 1. The molecule has 3 aromatic rings. The van der Waals surface area contributed by atoms with Gasteiger partial charge in [-0.15, -0.1) is 0 Å².